The van der Waals surface area contributed by atoms with E-state index in [9.17, 15) is 14.7 Å². The zero-order valence-electron chi connectivity index (χ0n) is 16.0. The second-order valence-electron chi connectivity index (χ2n) is 7.62. The largest absolute Gasteiger partial charge is 0.481 e. The summed E-state index contributed by atoms with van der Waals surface area (Å²) in [5.41, 5.74) is 2.96. The molecule has 2 aromatic rings. The minimum atomic E-state index is -0.985. The quantitative estimate of drug-likeness (QED) is 0.743. The standard InChI is InChI=1S/C20H21Cl2N3O4/c1-9-18(10(2)25(24-9)8-11-3-4-12(21)13(22)7-11)23-19(26)16-14-5-6-15(29-14)17(16)20(27)28/h3-4,7,14-17H,5-6,8H2,1-2H3,(H,23,26)(H,27,28)/t14-,15-,16+,17-/m1/s1. The Labute approximate surface area is 177 Å². The smallest absolute Gasteiger partial charge is 0.310 e. The molecule has 154 valence electrons. The van der Waals surface area contributed by atoms with Gasteiger partial charge in [0.05, 0.1) is 57.7 Å². The maximum absolute atomic E-state index is 13.0. The normalized spacial score (nSPS) is 25.4. The average molecular weight is 438 g/mol. The van der Waals surface area contributed by atoms with Crippen LogP contribution in [0.4, 0.5) is 5.69 Å². The SMILES string of the molecule is Cc1nn(Cc2ccc(Cl)c(Cl)c2)c(C)c1NC(=O)[C@@H]1[C@H](C(=O)O)[C@H]2CC[C@H]1O2. The highest BCUT2D eigenvalue weighted by Crippen LogP contribution is 2.44. The second-order valence-corrected chi connectivity index (χ2v) is 8.44. The number of aliphatic carboxylic acids is 1. The van der Waals surface area contributed by atoms with Gasteiger partial charge in [-0.15, -0.1) is 0 Å². The van der Waals surface area contributed by atoms with Crippen molar-refractivity contribution in [1.82, 2.24) is 9.78 Å². The van der Waals surface area contributed by atoms with Crippen LogP contribution in [0.5, 0.6) is 0 Å². The monoisotopic (exact) mass is 437 g/mol. The molecule has 1 aromatic heterocycles. The van der Waals surface area contributed by atoms with Crippen LogP contribution in [0.15, 0.2) is 18.2 Å². The Kier molecular flexibility index (Phi) is 5.31. The first-order chi connectivity index (χ1) is 13.8. The molecule has 29 heavy (non-hydrogen) atoms. The molecule has 0 aliphatic carbocycles. The van der Waals surface area contributed by atoms with E-state index < -0.39 is 17.8 Å². The molecule has 7 nitrogen and oxygen atoms in total. The molecule has 2 N–H and O–H groups in total. The first-order valence-corrected chi connectivity index (χ1v) is 10.2. The number of carboxylic acids is 1. The lowest BCUT2D eigenvalue weighted by Gasteiger charge is -2.23. The Morgan fingerprint density at radius 1 is 1.21 bits per heavy atom. The summed E-state index contributed by atoms with van der Waals surface area (Å²) in [6.07, 6.45) is 0.673. The Morgan fingerprint density at radius 3 is 2.55 bits per heavy atom. The van der Waals surface area contributed by atoms with E-state index in [0.717, 1.165) is 11.3 Å². The number of aryl methyl sites for hydroxylation is 1. The predicted molar refractivity (Wildman–Crippen MR) is 108 cm³/mol. The van der Waals surface area contributed by atoms with E-state index in [-0.39, 0.29) is 18.1 Å². The third-order valence-corrected chi connectivity index (χ3v) is 6.55. The molecule has 1 amide bonds. The van der Waals surface area contributed by atoms with Crippen LogP contribution in [0, 0.1) is 25.7 Å². The molecule has 0 radical (unpaired) electrons. The zero-order valence-corrected chi connectivity index (χ0v) is 17.5. The van der Waals surface area contributed by atoms with Gasteiger partial charge in [-0.3, -0.25) is 14.3 Å². The number of benzene rings is 1. The third kappa shape index (κ3) is 3.63. The van der Waals surface area contributed by atoms with Gasteiger partial charge < -0.3 is 15.2 Å². The van der Waals surface area contributed by atoms with E-state index in [1.165, 1.54) is 0 Å². The number of anilines is 1. The summed E-state index contributed by atoms with van der Waals surface area (Å²) < 4.78 is 7.47. The summed E-state index contributed by atoms with van der Waals surface area (Å²) in [7, 11) is 0. The van der Waals surface area contributed by atoms with Gasteiger partial charge in [0, 0.05) is 0 Å². The molecular formula is C20H21Cl2N3O4. The summed E-state index contributed by atoms with van der Waals surface area (Å²) in [4.78, 5) is 24.6. The molecule has 0 saturated carbocycles. The maximum atomic E-state index is 13.0. The van der Waals surface area contributed by atoms with Gasteiger partial charge in [-0.1, -0.05) is 29.3 Å². The minimum absolute atomic E-state index is 0.329. The van der Waals surface area contributed by atoms with E-state index in [1.54, 1.807) is 23.7 Å². The number of carbonyl (C=O) groups is 2. The number of amides is 1. The van der Waals surface area contributed by atoms with Crippen molar-refractivity contribution in [2.45, 2.75) is 45.4 Å². The summed E-state index contributed by atoms with van der Waals surface area (Å²) in [5, 5.41) is 17.9. The van der Waals surface area contributed by atoms with Gasteiger partial charge in [-0.05, 0) is 44.4 Å². The fraction of sp³-hybridized carbons (Fsp3) is 0.450. The highest BCUT2D eigenvalue weighted by molar-refractivity contribution is 6.42. The molecule has 2 aliphatic heterocycles. The topological polar surface area (TPSA) is 93.5 Å². The molecule has 2 aliphatic rings. The number of aromatic nitrogens is 2. The van der Waals surface area contributed by atoms with E-state index in [0.29, 0.717) is 40.8 Å². The van der Waals surface area contributed by atoms with Crippen LogP contribution < -0.4 is 5.32 Å². The van der Waals surface area contributed by atoms with Crippen molar-refractivity contribution in [3.05, 3.63) is 45.2 Å². The van der Waals surface area contributed by atoms with E-state index >= 15 is 0 Å². The van der Waals surface area contributed by atoms with Gasteiger partial charge in [0.1, 0.15) is 0 Å². The summed E-state index contributed by atoms with van der Waals surface area (Å²) in [5.74, 6) is -2.81. The average Bonchev–Trinajstić information content (AvgIpc) is 3.34. The molecule has 2 bridgehead atoms. The molecule has 4 rings (SSSR count). The van der Waals surface area contributed by atoms with Gasteiger partial charge in [-0.2, -0.15) is 5.10 Å². The molecule has 9 heteroatoms. The lowest BCUT2D eigenvalue weighted by molar-refractivity contribution is -0.147. The number of carboxylic acid groups (broad SMARTS) is 1. The maximum Gasteiger partial charge on any atom is 0.310 e. The van der Waals surface area contributed by atoms with E-state index in [4.69, 9.17) is 27.9 Å². The summed E-state index contributed by atoms with van der Waals surface area (Å²) in [6.45, 7) is 4.13. The lowest BCUT2D eigenvalue weighted by Crippen LogP contribution is -2.41. The van der Waals surface area contributed by atoms with Gasteiger partial charge in [0.15, 0.2) is 0 Å². The molecule has 0 unspecified atom stereocenters. The number of fused-ring (bicyclic) bond motifs is 2. The Balaban J connectivity index is 1.54. The molecule has 4 atom stereocenters. The molecule has 0 spiro atoms. The number of nitrogens with one attached hydrogen (secondary N) is 1. The molecule has 1 aromatic carbocycles. The number of carbonyl (C=O) groups excluding carboxylic acids is 1. The summed E-state index contributed by atoms with van der Waals surface area (Å²) in [6, 6.07) is 5.38. The molecule has 3 heterocycles. The number of hydrogen-bond acceptors (Lipinski definition) is 4. The Morgan fingerprint density at radius 2 is 1.90 bits per heavy atom. The van der Waals surface area contributed by atoms with Crippen LogP contribution in [-0.4, -0.2) is 39.0 Å². The fourth-order valence-corrected chi connectivity index (χ4v) is 4.69. The van der Waals surface area contributed by atoms with Gasteiger partial charge >= 0.3 is 5.97 Å². The highest BCUT2D eigenvalue weighted by atomic mass is 35.5. The van der Waals surface area contributed by atoms with Gasteiger partial charge in [-0.25, -0.2) is 0 Å². The van der Waals surface area contributed by atoms with Gasteiger partial charge in [0.2, 0.25) is 5.91 Å². The molecule has 2 fully saturated rings. The Hall–Kier alpha value is -2.09. The van der Waals surface area contributed by atoms with Crippen LogP contribution in [0.3, 0.4) is 0 Å². The minimum Gasteiger partial charge on any atom is -0.481 e. The van der Waals surface area contributed by atoms with Crippen LogP contribution in [0.1, 0.15) is 29.8 Å². The summed E-state index contributed by atoms with van der Waals surface area (Å²) >= 11 is 12.1. The van der Waals surface area contributed by atoms with Crippen LogP contribution >= 0.6 is 23.2 Å². The lowest BCUT2D eigenvalue weighted by atomic mass is 9.78. The van der Waals surface area contributed by atoms with E-state index in [2.05, 4.69) is 10.4 Å². The predicted octanol–water partition coefficient (Wildman–Crippen LogP) is 3.67. The number of rotatable bonds is 5. The van der Waals surface area contributed by atoms with Crippen molar-refractivity contribution in [1.29, 1.82) is 0 Å². The van der Waals surface area contributed by atoms with Crippen LogP contribution in [0.2, 0.25) is 10.0 Å². The van der Waals surface area contributed by atoms with Crippen molar-refractivity contribution in [3.8, 4) is 0 Å². The fourth-order valence-electron chi connectivity index (χ4n) is 4.37. The number of hydrogen-bond donors (Lipinski definition) is 2. The van der Waals surface area contributed by atoms with Crippen molar-refractivity contribution >= 4 is 40.8 Å². The second kappa shape index (κ2) is 7.63. The van der Waals surface area contributed by atoms with Crippen molar-refractivity contribution < 1.29 is 19.4 Å². The first kappa shape index (κ1) is 20.2. The van der Waals surface area contributed by atoms with Crippen molar-refractivity contribution in [3.63, 3.8) is 0 Å². The zero-order chi connectivity index (χ0) is 20.9. The third-order valence-electron chi connectivity index (χ3n) is 5.81. The first-order valence-electron chi connectivity index (χ1n) is 9.43. The Bertz CT molecular complexity index is 990. The van der Waals surface area contributed by atoms with Crippen LogP contribution in [-0.2, 0) is 20.9 Å². The highest BCUT2D eigenvalue weighted by Gasteiger charge is 2.55. The van der Waals surface area contributed by atoms with Crippen molar-refractivity contribution in [2.24, 2.45) is 11.8 Å². The van der Waals surface area contributed by atoms with Crippen molar-refractivity contribution in [2.75, 3.05) is 5.32 Å². The number of nitrogens with zero attached hydrogens (tertiary/aromatic N) is 2. The number of ether oxygens (including phenoxy) is 1. The number of halogens is 2. The molecule has 2 saturated heterocycles. The molecular weight excluding hydrogens is 417 g/mol. The van der Waals surface area contributed by atoms with E-state index in [1.807, 2.05) is 13.0 Å². The van der Waals surface area contributed by atoms with Crippen LogP contribution in [0.25, 0.3) is 0 Å². The van der Waals surface area contributed by atoms with Gasteiger partial charge in [0.25, 0.3) is 0 Å².